The van der Waals surface area contributed by atoms with Crippen LogP contribution in [0.25, 0.3) is 0 Å². The molecule has 0 aliphatic rings. The van der Waals surface area contributed by atoms with Gasteiger partial charge in [-0.15, -0.1) is 0 Å². The molecule has 2 N–H and O–H groups in total. The van der Waals surface area contributed by atoms with Crippen LogP contribution in [0, 0.1) is 17.8 Å². The summed E-state index contributed by atoms with van der Waals surface area (Å²) in [6.45, 7) is 17.5. The normalized spacial score (nSPS) is 16.5. The Morgan fingerprint density at radius 2 is 1.50 bits per heavy atom. The van der Waals surface area contributed by atoms with Crippen molar-refractivity contribution in [2.45, 2.75) is 111 Å². The van der Waals surface area contributed by atoms with Gasteiger partial charge < -0.3 is 25.0 Å². The van der Waals surface area contributed by atoms with Gasteiger partial charge in [0, 0.05) is 14.2 Å². The minimum atomic E-state index is -0.692. The average molecular weight is 486 g/mol. The van der Waals surface area contributed by atoms with E-state index in [1.165, 1.54) is 0 Å². The Bertz CT molecular complexity index is 650. The van der Waals surface area contributed by atoms with Crippen molar-refractivity contribution in [1.29, 1.82) is 0 Å². The van der Waals surface area contributed by atoms with Crippen LogP contribution in [-0.2, 0) is 23.9 Å². The number of methoxy groups -OCH3 is 1. The third-order valence-corrected chi connectivity index (χ3v) is 6.81. The number of carbonyl (C=O) groups excluding carboxylic acids is 3. The molecule has 0 saturated heterocycles. The molecular weight excluding hydrogens is 434 g/mol. The number of nitrogens with zero attached hydrogens (tertiary/aromatic N) is 1. The molecule has 0 aliphatic carbocycles. The highest BCUT2D eigenvalue weighted by Gasteiger charge is 2.39. The predicted octanol–water partition coefficient (Wildman–Crippen LogP) is 3.38. The third kappa shape index (κ3) is 9.53. The fraction of sp³-hybridized carbons (Fsp3) is 0.885. The van der Waals surface area contributed by atoms with Crippen molar-refractivity contribution in [3.8, 4) is 0 Å². The van der Waals surface area contributed by atoms with E-state index in [1.54, 1.807) is 26.1 Å². The van der Waals surface area contributed by atoms with Gasteiger partial charge in [-0.3, -0.25) is 14.4 Å². The Balaban J connectivity index is 5.85. The van der Waals surface area contributed by atoms with E-state index in [4.69, 9.17) is 9.47 Å². The van der Waals surface area contributed by atoms with Crippen molar-refractivity contribution in [1.82, 2.24) is 15.5 Å². The van der Waals surface area contributed by atoms with Crippen LogP contribution in [0.3, 0.4) is 0 Å². The molecule has 8 heteroatoms. The van der Waals surface area contributed by atoms with E-state index in [0.717, 1.165) is 6.42 Å². The van der Waals surface area contributed by atoms with Gasteiger partial charge in [0.2, 0.25) is 11.8 Å². The summed E-state index contributed by atoms with van der Waals surface area (Å²) in [4.78, 5) is 40.9. The van der Waals surface area contributed by atoms with Gasteiger partial charge in [0.25, 0.3) is 0 Å². The van der Waals surface area contributed by atoms with Gasteiger partial charge in [-0.25, -0.2) is 0 Å². The quantitative estimate of drug-likeness (QED) is 0.345. The molecule has 0 bridgehead atoms. The lowest BCUT2D eigenvalue weighted by atomic mass is 9.90. The van der Waals surface area contributed by atoms with E-state index in [1.807, 2.05) is 62.3 Å². The number of amides is 2. The number of ether oxygens (including phenoxy) is 2. The van der Waals surface area contributed by atoms with Crippen LogP contribution in [0.1, 0.15) is 81.6 Å². The van der Waals surface area contributed by atoms with Gasteiger partial charge in [0.15, 0.2) is 0 Å². The van der Waals surface area contributed by atoms with E-state index in [9.17, 15) is 14.4 Å². The molecule has 0 aromatic rings. The number of rotatable bonds is 15. The standard InChI is InChI=1S/C26H51N3O5/c1-13-18(7)23(19(33-12)15-20(30)34-26(8,9)14-2)29(11)25(32)22(17(5)6)28-24(31)21(27-10)16(3)4/h16-19,21-23,27H,13-15H2,1-12H3,(H,28,31)/t18-,19+,21-,22-,23-/m0/s1. The monoisotopic (exact) mass is 485 g/mol. The van der Waals surface area contributed by atoms with E-state index in [0.29, 0.717) is 6.42 Å². The van der Waals surface area contributed by atoms with E-state index in [-0.39, 0.29) is 48.0 Å². The first-order valence-electron chi connectivity index (χ1n) is 12.7. The summed E-state index contributed by atoms with van der Waals surface area (Å²) in [6.07, 6.45) is 1.00. The molecule has 0 aliphatic heterocycles. The fourth-order valence-corrected chi connectivity index (χ4v) is 4.06. The second kappa shape index (κ2) is 14.7. The summed E-state index contributed by atoms with van der Waals surface area (Å²) in [6, 6.07) is -1.45. The molecule has 0 saturated carbocycles. The summed E-state index contributed by atoms with van der Waals surface area (Å²) < 4.78 is 11.4. The Labute approximate surface area is 207 Å². The summed E-state index contributed by atoms with van der Waals surface area (Å²) in [7, 11) is 5.02. The van der Waals surface area contributed by atoms with E-state index < -0.39 is 23.8 Å². The molecular formula is C26H51N3O5. The Hall–Kier alpha value is -1.67. The van der Waals surface area contributed by atoms with Crippen LogP contribution in [-0.4, -0.2) is 73.7 Å². The van der Waals surface area contributed by atoms with Crippen LogP contribution in [0.2, 0.25) is 0 Å². The first kappa shape index (κ1) is 32.3. The minimum Gasteiger partial charge on any atom is -0.460 e. The molecule has 0 fully saturated rings. The minimum absolute atomic E-state index is 0.0421. The van der Waals surface area contributed by atoms with Crippen molar-refractivity contribution in [2.75, 3.05) is 21.2 Å². The van der Waals surface area contributed by atoms with Crippen LogP contribution >= 0.6 is 0 Å². The molecule has 0 aromatic heterocycles. The number of carbonyl (C=O) groups is 3. The second-order valence-corrected chi connectivity index (χ2v) is 10.6. The van der Waals surface area contributed by atoms with Crippen LogP contribution in [0.5, 0.6) is 0 Å². The maximum absolute atomic E-state index is 13.7. The summed E-state index contributed by atoms with van der Waals surface area (Å²) in [5.74, 6) is -0.721. The highest BCUT2D eigenvalue weighted by molar-refractivity contribution is 5.90. The van der Waals surface area contributed by atoms with Gasteiger partial charge in [-0.2, -0.15) is 0 Å². The lowest BCUT2D eigenvalue weighted by Crippen LogP contribution is -2.59. The lowest BCUT2D eigenvalue weighted by Gasteiger charge is -2.40. The van der Waals surface area contributed by atoms with Gasteiger partial charge >= 0.3 is 5.97 Å². The van der Waals surface area contributed by atoms with Gasteiger partial charge in [0.05, 0.1) is 24.6 Å². The molecule has 0 aromatic carbocycles. The van der Waals surface area contributed by atoms with Gasteiger partial charge in [-0.1, -0.05) is 54.9 Å². The zero-order valence-electron chi connectivity index (χ0n) is 23.7. The molecule has 2 amide bonds. The van der Waals surface area contributed by atoms with Crippen molar-refractivity contribution in [3.63, 3.8) is 0 Å². The zero-order chi connectivity index (χ0) is 26.8. The van der Waals surface area contributed by atoms with Gasteiger partial charge in [-0.05, 0) is 45.1 Å². The molecule has 0 spiro atoms. The number of hydrogen-bond donors (Lipinski definition) is 2. The highest BCUT2D eigenvalue weighted by atomic mass is 16.6. The molecule has 0 unspecified atom stereocenters. The maximum atomic E-state index is 13.7. The lowest BCUT2D eigenvalue weighted by molar-refractivity contribution is -0.162. The second-order valence-electron chi connectivity index (χ2n) is 10.6. The molecule has 0 heterocycles. The number of likely N-dealkylation sites (N-methyl/N-ethyl adjacent to an activating group) is 2. The Morgan fingerprint density at radius 1 is 0.971 bits per heavy atom. The zero-order valence-corrected chi connectivity index (χ0v) is 23.7. The van der Waals surface area contributed by atoms with Crippen molar-refractivity contribution in [2.24, 2.45) is 17.8 Å². The summed E-state index contributed by atoms with van der Waals surface area (Å²) >= 11 is 0. The molecule has 0 radical (unpaired) electrons. The number of hydrogen-bond acceptors (Lipinski definition) is 6. The van der Waals surface area contributed by atoms with Crippen molar-refractivity contribution in [3.05, 3.63) is 0 Å². The van der Waals surface area contributed by atoms with Crippen molar-refractivity contribution >= 4 is 17.8 Å². The molecule has 0 rings (SSSR count). The van der Waals surface area contributed by atoms with E-state index in [2.05, 4.69) is 10.6 Å². The first-order valence-corrected chi connectivity index (χ1v) is 12.7. The molecule has 200 valence electrons. The van der Waals surface area contributed by atoms with Crippen LogP contribution in [0.15, 0.2) is 0 Å². The third-order valence-electron chi connectivity index (χ3n) is 6.81. The van der Waals surface area contributed by atoms with Crippen LogP contribution < -0.4 is 10.6 Å². The summed E-state index contributed by atoms with van der Waals surface area (Å²) in [5.41, 5.74) is -0.559. The molecule has 8 nitrogen and oxygen atoms in total. The maximum Gasteiger partial charge on any atom is 0.309 e. The van der Waals surface area contributed by atoms with E-state index >= 15 is 0 Å². The molecule has 5 atom stereocenters. The topological polar surface area (TPSA) is 97.0 Å². The highest BCUT2D eigenvalue weighted by Crippen LogP contribution is 2.25. The Morgan fingerprint density at radius 3 is 1.88 bits per heavy atom. The summed E-state index contributed by atoms with van der Waals surface area (Å²) in [5, 5.41) is 5.98. The smallest absolute Gasteiger partial charge is 0.309 e. The SMILES string of the molecule is CC[C@H](C)[C@@H]([C@@H](CC(=O)OC(C)(C)CC)OC)N(C)C(=O)[C@@H](NC(=O)[C@@H](NC)C(C)C)C(C)C. The first-order chi connectivity index (χ1) is 15.7. The fourth-order valence-electron chi connectivity index (χ4n) is 4.06. The largest absolute Gasteiger partial charge is 0.460 e. The number of nitrogens with one attached hydrogen (secondary N) is 2. The van der Waals surface area contributed by atoms with Crippen molar-refractivity contribution < 1.29 is 23.9 Å². The number of esters is 1. The Kier molecular flexibility index (Phi) is 13.9. The van der Waals surface area contributed by atoms with Gasteiger partial charge in [0.1, 0.15) is 11.6 Å². The molecule has 34 heavy (non-hydrogen) atoms. The van der Waals surface area contributed by atoms with Crippen LogP contribution in [0.4, 0.5) is 0 Å². The predicted molar refractivity (Wildman–Crippen MR) is 136 cm³/mol. The average Bonchev–Trinajstić information content (AvgIpc) is 2.75.